The molecule has 0 bridgehead atoms. The van der Waals surface area contributed by atoms with Crippen molar-refractivity contribution in [1.82, 2.24) is 10.2 Å². The van der Waals surface area contributed by atoms with E-state index in [0.717, 1.165) is 22.4 Å². The first-order valence-electron chi connectivity index (χ1n) is 8.46. The van der Waals surface area contributed by atoms with E-state index in [1.807, 2.05) is 48.5 Å². The number of benzene rings is 2. The minimum atomic E-state index is -0.111. The molecule has 0 saturated heterocycles. The van der Waals surface area contributed by atoms with Crippen LogP contribution in [0.15, 0.2) is 48.5 Å². The van der Waals surface area contributed by atoms with Gasteiger partial charge in [0.05, 0.1) is 5.69 Å². The average Bonchev–Trinajstić information content (AvgIpc) is 3.10. The first kappa shape index (κ1) is 17.2. The van der Waals surface area contributed by atoms with Crippen molar-refractivity contribution < 1.29 is 9.53 Å². The summed E-state index contributed by atoms with van der Waals surface area (Å²) >= 11 is 6.00. The van der Waals surface area contributed by atoms with Crippen LogP contribution in [0.4, 0.5) is 5.82 Å². The number of aromatic nitrogens is 2. The summed E-state index contributed by atoms with van der Waals surface area (Å²) in [7, 11) is 0. The number of ether oxygens (including phenoxy) is 1. The van der Waals surface area contributed by atoms with Gasteiger partial charge in [0.15, 0.2) is 5.82 Å². The van der Waals surface area contributed by atoms with Crippen molar-refractivity contribution in [2.24, 2.45) is 0 Å². The molecule has 27 heavy (non-hydrogen) atoms. The molecule has 134 valence electrons. The van der Waals surface area contributed by atoms with E-state index in [1.54, 1.807) is 0 Å². The highest BCUT2D eigenvalue weighted by Crippen LogP contribution is 2.42. The van der Waals surface area contributed by atoms with Crippen LogP contribution in [0.25, 0.3) is 11.3 Å². The molecular formula is C21H16ClN3O2. The fourth-order valence-electron chi connectivity index (χ4n) is 3.30. The predicted molar refractivity (Wildman–Crippen MR) is 105 cm³/mol. The number of hydrogen-bond donors (Lipinski definition) is 2. The second kappa shape index (κ2) is 7.18. The zero-order valence-corrected chi connectivity index (χ0v) is 15.1. The smallest absolute Gasteiger partial charge is 0.226 e. The summed E-state index contributed by atoms with van der Waals surface area (Å²) in [6, 6.07) is 15.2. The number of hydrogen-bond acceptors (Lipinski definition) is 3. The Hall–Kier alpha value is -3.23. The van der Waals surface area contributed by atoms with Crippen molar-refractivity contribution in [3.8, 4) is 29.4 Å². The number of fused-ring (bicyclic) bond motifs is 1. The number of anilines is 1. The van der Waals surface area contributed by atoms with E-state index in [2.05, 4.69) is 21.4 Å². The molecule has 2 N–H and O–H groups in total. The largest absolute Gasteiger partial charge is 0.481 e. The predicted octanol–water partition coefficient (Wildman–Crippen LogP) is 4.22. The van der Waals surface area contributed by atoms with E-state index in [9.17, 15) is 4.79 Å². The van der Waals surface area contributed by atoms with E-state index < -0.39 is 0 Å². The molecule has 0 saturated carbocycles. The lowest BCUT2D eigenvalue weighted by Crippen LogP contribution is -2.23. The first-order valence-corrected chi connectivity index (χ1v) is 8.84. The van der Waals surface area contributed by atoms with Crippen LogP contribution in [0.3, 0.4) is 0 Å². The summed E-state index contributed by atoms with van der Waals surface area (Å²) < 4.78 is 5.43. The van der Waals surface area contributed by atoms with E-state index in [0.29, 0.717) is 23.0 Å². The summed E-state index contributed by atoms with van der Waals surface area (Å²) in [6.45, 7) is 0.220. The Morgan fingerprint density at radius 1 is 1.19 bits per heavy atom. The summed E-state index contributed by atoms with van der Waals surface area (Å²) in [6.07, 6.45) is 5.57. The molecule has 1 amide bonds. The third-order valence-electron chi connectivity index (χ3n) is 4.54. The summed E-state index contributed by atoms with van der Waals surface area (Å²) in [5.74, 6) is 3.53. The third-order valence-corrected chi connectivity index (χ3v) is 4.79. The maximum Gasteiger partial charge on any atom is 0.226 e. The number of nitrogens with zero attached hydrogens (tertiary/aromatic N) is 1. The van der Waals surface area contributed by atoms with Crippen LogP contribution in [0.1, 0.15) is 23.5 Å². The lowest BCUT2D eigenvalue weighted by Gasteiger charge is -2.23. The Morgan fingerprint density at radius 2 is 1.93 bits per heavy atom. The van der Waals surface area contributed by atoms with Crippen LogP contribution in [-0.4, -0.2) is 22.7 Å². The first-order chi connectivity index (χ1) is 13.2. The van der Waals surface area contributed by atoms with Crippen LogP contribution < -0.4 is 10.1 Å². The van der Waals surface area contributed by atoms with Crippen LogP contribution in [-0.2, 0) is 4.79 Å². The van der Waals surface area contributed by atoms with Gasteiger partial charge < -0.3 is 10.1 Å². The zero-order chi connectivity index (χ0) is 18.8. The van der Waals surface area contributed by atoms with Crippen molar-refractivity contribution in [1.29, 1.82) is 0 Å². The van der Waals surface area contributed by atoms with Crippen LogP contribution in [0, 0.1) is 12.3 Å². The van der Waals surface area contributed by atoms with Gasteiger partial charge in [0.25, 0.3) is 0 Å². The normalized spacial score (nSPS) is 15.6. The second-order valence-corrected chi connectivity index (χ2v) is 6.67. The quantitative estimate of drug-likeness (QED) is 0.669. The Bertz CT molecular complexity index is 1020. The van der Waals surface area contributed by atoms with Crippen LogP contribution >= 0.6 is 11.6 Å². The van der Waals surface area contributed by atoms with Gasteiger partial charge in [-0.25, -0.2) is 0 Å². The Labute approximate surface area is 161 Å². The van der Waals surface area contributed by atoms with Gasteiger partial charge in [-0.3, -0.25) is 9.89 Å². The number of H-pyrrole nitrogens is 1. The van der Waals surface area contributed by atoms with Gasteiger partial charge in [-0.1, -0.05) is 41.8 Å². The average molecular weight is 378 g/mol. The standard InChI is InChI=1S/C21H16ClN3O2/c1-2-11-27-16-9-5-13(6-10-16)17-12-18(26)23-21-19(17)20(24-25-21)14-3-7-15(22)8-4-14/h1,3-10,17H,11-12H2,(H2,23,24,25,26)/t17-/m0/s1. The highest BCUT2D eigenvalue weighted by Gasteiger charge is 2.32. The Kier molecular flexibility index (Phi) is 4.57. The van der Waals surface area contributed by atoms with Crippen molar-refractivity contribution in [2.75, 3.05) is 11.9 Å². The van der Waals surface area contributed by atoms with Gasteiger partial charge in [-0.15, -0.1) is 6.42 Å². The molecule has 2 aromatic carbocycles. The fraction of sp³-hybridized carbons (Fsp3) is 0.143. The molecule has 5 nitrogen and oxygen atoms in total. The van der Waals surface area contributed by atoms with E-state index in [1.165, 1.54) is 0 Å². The number of nitrogens with one attached hydrogen (secondary N) is 2. The number of amides is 1. The zero-order valence-electron chi connectivity index (χ0n) is 14.3. The van der Waals surface area contributed by atoms with Gasteiger partial charge in [-0.2, -0.15) is 5.10 Å². The summed E-state index contributed by atoms with van der Waals surface area (Å²) in [5.41, 5.74) is 3.81. The molecule has 0 unspecified atom stereocenters. The van der Waals surface area contributed by atoms with E-state index >= 15 is 0 Å². The van der Waals surface area contributed by atoms with Gasteiger partial charge in [-0.05, 0) is 29.8 Å². The molecule has 3 aromatic rings. The van der Waals surface area contributed by atoms with Crippen LogP contribution in [0.2, 0.25) is 5.02 Å². The molecule has 0 fully saturated rings. The molecule has 2 heterocycles. The number of aromatic amines is 1. The second-order valence-electron chi connectivity index (χ2n) is 6.23. The van der Waals surface area contributed by atoms with E-state index in [-0.39, 0.29) is 18.4 Å². The SMILES string of the molecule is C#CCOc1ccc([C@@H]2CC(=O)Nc3n[nH]c(-c4ccc(Cl)cc4)c32)cc1. The minimum absolute atomic E-state index is 0.0608. The third kappa shape index (κ3) is 3.40. The number of carbonyl (C=O) groups is 1. The van der Waals surface area contributed by atoms with Gasteiger partial charge in [0, 0.05) is 28.5 Å². The topological polar surface area (TPSA) is 67.0 Å². The number of carbonyl (C=O) groups excluding carboxylic acids is 1. The molecule has 1 aliphatic heterocycles. The maximum atomic E-state index is 12.2. The molecule has 0 aliphatic carbocycles. The Morgan fingerprint density at radius 3 is 2.63 bits per heavy atom. The molecule has 1 atom stereocenters. The maximum absolute atomic E-state index is 12.2. The lowest BCUT2D eigenvalue weighted by molar-refractivity contribution is -0.116. The van der Waals surface area contributed by atoms with Crippen molar-refractivity contribution in [3.63, 3.8) is 0 Å². The van der Waals surface area contributed by atoms with Gasteiger partial charge >= 0.3 is 0 Å². The van der Waals surface area contributed by atoms with Crippen molar-refractivity contribution >= 4 is 23.3 Å². The molecule has 4 rings (SSSR count). The molecule has 0 spiro atoms. The fourth-order valence-corrected chi connectivity index (χ4v) is 3.42. The summed E-state index contributed by atoms with van der Waals surface area (Å²) in [4.78, 5) is 12.2. The molecule has 1 aromatic heterocycles. The van der Waals surface area contributed by atoms with Crippen LogP contribution in [0.5, 0.6) is 5.75 Å². The Balaban J connectivity index is 1.73. The van der Waals surface area contributed by atoms with Gasteiger partial charge in [0.1, 0.15) is 12.4 Å². The molecular weight excluding hydrogens is 362 g/mol. The monoisotopic (exact) mass is 377 g/mol. The number of terminal acetylenes is 1. The highest BCUT2D eigenvalue weighted by molar-refractivity contribution is 6.30. The lowest BCUT2D eigenvalue weighted by atomic mass is 9.84. The number of halogens is 1. The minimum Gasteiger partial charge on any atom is -0.481 e. The van der Waals surface area contributed by atoms with Crippen molar-refractivity contribution in [2.45, 2.75) is 12.3 Å². The summed E-state index contributed by atoms with van der Waals surface area (Å²) in [5, 5.41) is 10.9. The molecule has 6 heteroatoms. The number of rotatable bonds is 4. The van der Waals surface area contributed by atoms with E-state index in [4.69, 9.17) is 22.8 Å². The molecule has 0 radical (unpaired) electrons. The van der Waals surface area contributed by atoms with Crippen molar-refractivity contribution in [3.05, 3.63) is 64.7 Å². The molecule has 1 aliphatic rings. The van der Waals surface area contributed by atoms with Gasteiger partial charge in [0.2, 0.25) is 5.91 Å². The highest BCUT2D eigenvalue weighted by atomic mass is 35.5.